The molecule has 0 bridgehead atoms. The topological polar surface area (TPSA) is 0 Å². The molecule has 1 aromatic carbocycles. The minimum absolute atomic E-state index is 0. The summed E-state index contributed by atoms with van der Waals surface area (Å²) in [5, 5.41) is 0. The fraction of sp³-hybridized carbons (Fsp3) is 0.294. The van der Waals surface area contributed by atoms with Gasteiger partial charge in [0.25, 0.3) is 0 Å². The van der Waals surface area contributed by atoms with Crippen molar-refractivity contribution in [2.45, 2.75) is 31.6 Å². The maximum absolute atomic E-state index is 3.50. The van der Waals surface area contributed by atoms with E-state index in [1.807, 2.05) is 12.2 Å². The van der Waals surface area contributed by atoms with Gasteiger partial charge in [0, 0.05) is 8.07 Å². The SMILES string of the molecule is C[Si](C)(C)C1[C-]=Cc2ccccc21.[C-]1=CC=CC1.[Cl-].[Cl-].[Zr+4]. The number of rotatable bonds is 1. The van der Waals surface area contributed by atoms with Gasteiger partial charge in [-0.25, -0.2) is 18.2 Å². The molecule has 1 unspecified atom stereocenters. The Bertz CT molecular complexity index is 492. The van der Waals surface area contributed by atoms with Crippen molar-refractivity contribution in [3.05, 3.63) is 65.8 Å². The van der Waals surface area contributed by atoms with E-state index < -0.39 is 8.07 Å². The first-order valence-corrected chi connectivity index (χ1v) is 10.1. The molecule has 0 fully saturated rings. The maximum atomic E-state index is 3.50. The summed E-state index contributed by atoms with van der Waals surface area (Å²) in [6.07, 6.45) is 15.6. The summed E-state index contributed by atoms with van der Waals surface area (Å²) in [6.45, 7) is 7.21. The van der Waals surface area contributed by atoms with Crippen molar-refractivity contribution >= 4 is 14.1 Å². The average molecular weight is 415 g/mol. The van der Waals surface area contributed by atoms with E-state index in [4.69, 9.17) is 0 Å². The molecule has 4 heteroatoms. The van der Waals surface area contributed by atoms with Crippen LogP contribution < -0.4 is 24.8 Å². The molecule has 110 valence electrons. The fourth-order valence-electron chi connectivity index (χ4n) is 2.22. The van der Waals surface area contributed by atoms with Gasteiger partial charge in [0.1, 0.15) is 0 Å². The van der Waals surface area contributed by atoms with Crippen molar-refractivity contribution in [3.8, 4) is 0 Å². The molecule has 0 spiro atoms. The van der Waals surface area contributed by atoms with Crippen LogP contribution in [0.4, 0.5) is 0 Å². The smallest absolute Gasteiger partial charge is 1.00 e. The molecule has 0 saturated carbocycles. The van der Waals surface area contributed by atoms with Crippen molar-refractivity contribution in [2.75, 3.05) is 0 Å². The van der Waals surface area contributed by atoms with Crippen LogP contribution in [0.15, 0.2) is 42.5 Å². The van der Waals surface area contributed by atoms with Crippen LogP contribution in [-0.4, -0.2) is 8.07 Å². The van der Waals surface area contributed by atoms with Gasteiger partial charge in [-0.1, -0.05) is 43.4 Å². The van der Waals surface area contributed by atoms with Crippen LogP contribution in [0, 0.1) is 12.2 Å². The summed E-state index contributed by atoms with van der Waals surface area (Å²) in [5.41, 5.74) is 3.46. The molecular weight excluding hydrogens is 394 g/mol. The number of fused-ring (bicyclic) bond motifs is 1. The Balaban J connectivity index is 0. The van der Waals surface area contributed by atoms with Gasteiger partial charge in [0.2, 0.25) is 0 Å². The molecule has 1 atom stereocenters. The molecule has 0 aromatic heterocycles. The normalized spacial score (nSPS) is 16.8. The summed E-state index contributed by atoms with van der Waals surface area (Å²) in [7, 11) is -1.12. The fourth-order valence-corrected chi connectivity index (χ4v) is 4.00. The number of benzene rings is 1. The number of halogens is 2. The predicted octanol–water partition coefficient (Wildman–Crippen LogP) is -1.21. The molecule has 0 saturated heterocycles. The zero-order valence-electron chi connectivity index (χ0n) is 12.7. The van der Waals surface area contributed by atoms with Gasteiger partial charge in [-0.15, -0.1) is 18.1 Å². The van der Waals surface area contributed by atoms with Gasteiger partial charge in [-0.05, 0) is 0 Å². The summed E-state index contributed by atoms with van der Waals surface area (Å²) in [6, 6.07) is 8.66. The third-order valence-corrected chi connectivity index (χ3v) is 5.37. The molecule has 2 aliphatic carbocycles. The average Bonchev–Trinajstić information content (AvgIpc) is 3.01. The first kappa shape index (κ1) is 23.4. The molecule has 1 aromatic rings. The third-order valence-electron chi connectivity index (χ3n) is 3.16. The molecule has 21 heavy (non-hydrogen) atoms. The van der Waals surface area contributed by atoms with Gasteiger partial charge in [0.15, 0.2) is 0 Å². The molecule has 0 aliphatic heterocycles. The molecule has 0 N–H and O–H groups in total. The van der Waals surface area contributed by atoms with E-state index in [-0.39, 0.29) is 51.0 Å². The minimum Gasteiger partial charge on any atom is -1.00 e. The third kappa shape index (κ3) is 6.82. The second kappa shape index (κ2) is 10.8. The van der Waals surface area contributed by atoms with Gasteiger partial charge in [-0.3, -0.25) is 12.2 Å². The van der Waals surface area contributed by atoms with E-state index in [0.717, 1.165) is 6.42 Å². The Morgan fingerprint density at radius 1 is 1.10 bits per heavy atom. The first-order chi connectivity index (χ1) is 8.59. The summed E-state index contributed by atoms with van der Waals surface area (Å²) < 4.78 is 0. The quantitative estimate of drug-likeness (QED) is 0.400. The Morgan fingerprint density at radius 2 is 1.76 bits per heavy atom. The van der Waals surface area contributed by atoms with Gasteiger partial charge < -0.3 is 24.8 Å². The van der Waals surface area contributed by atoms with Crippen molar-refractivity contribution in [2.24, 2.45) is 0 Å². The summed E-state index contributed by atoms with van der Waals surface area (Å²) in [4.78, 5) is 0. The second-order valence-corrected chi connectivity index (χ2v) is 11.1. The largest absolute Gasteiger partial charge is 4.00 e. The van der Waals surface area contributed by atoms with Crippen LogP contribution in [-0.2, 0) is 26.2 Å². The van der Waals surface area contributed by atoms with Crippen LogP contribution in [0.1, 0.15) is 23.1 Å². The first-order valence-electron chi connectivity index (χ1n) is 6.49. The van der Waals surface area contributed by atoms with Crippen molar-refractivity contribution in [1.82, 2.24) is 0 Å². The van der Waals surface area contributed by atoms with Crippen LogP contribution in [0.3, 0.4) is 0 Å². The van der Waals surface area contributed by atoms with Crippen molar-refractivity contribution in [1.29, 1.82) is 0 Å². The van der Waals surface area contributed by atoms with Gasteiger partial charge in [-0.2, -0.15) is 11.6 Å². The van der Waals surface area contributed by atoms with E-state index in [2.05, 4.69) is 68.2 Å². The Labute approximate surface area is 161 Å². The van der Waals surface area contributed by atoms with Crippen LogP contribution in [0.2, 0.25) is 19.6 Å². The van der Waals surface area contributed by atoms with E-state index in [0.29, 0.717) is 5.54 Å². The zero-order valence-corrected chi connectivity index (χ0v) is 17.6. The van der Waals surface area contributed by atoms with Crippen molar-refractivity contribution < 1.29 is 51.0 Å². The summed E-state index contributed by atoms with van der Waals surface area (Å²) in [5.74, 6) is 0. The van der Waals surface area contributed by atoms with Crippen LogP contribution in [0.5, 0.6) is 0 Å². The second-order valence-electron chi connectivity index (χ2n) is 5.74. The van der Waals surface area contributed by atoms with Crippen LogP contribution in [0.25, 0.3) is 6.08 Å². The maximum Gasteiger partial charge on any atom is 4.00 e. The number of hydrogen-bond acceptors (Lipinski definition) is 0. The molecular formula is C17H20Cl2SiZr. The van der Waals surface area contributed by atoms with Gasteiger partial charge in [0.05, 0.1) is 0 Å². The molecule has 0 nitrogen and oxygen atoms in total. The summed E-state index contributed by atoms with van der Waals surface area (Å²) >= 11 is 0. The van der Waals surface area contributed by atoms with E-state index >= 15 is 0 Å². The molecule has 0 radical (unpaired) electrons. The Morgan fingerprint density at radius 3 is 2.24 bits per heavy atom. The monoisotopic (exact) mass is 412 g/mol. The standard InChI is InChI=1S/C12H15Si.C5H5.2ClH.Zr/c1-13(2,3)12-9-8-10-6-4-5-7-11(10)12;1-2-4-5-3-1;;;/h4-8,12H,1-3H3;1-3H,4H2;2*1H;/q2*-1;;;+4/p-2. The predicted molar refractivity (Wildman–Crippen MR) is 81.8 cm³/mol. The van der Waals surface area contributed by atoms with Crippen LogP contribution >= 0.6 is 0 Å². The van der Waals surface area contributed by atoms with Crippen molar-refractivity contribution in [3.63, 3.8) is 0 Å². The molecule has 2 aliphatic rings. The minimum atomic E-state index is -1.12. The molecule has 0 heterocycles. The zero-order chi connectivity index (χ0) is 13.0. The number of hydrogen-bond donors (Lipinski definition) is 0. The molecule has 0 amide bonds. The Hall–Kier alpha value is 0.120. The van der Waals surface area contributed by atoms with E-state index in [1.54, 1.807) is 0 Å². The van der Waals surface area contributed by atoms with E-state index in [1.165, 1.54) is 11.1 Å². The Kier molecular flexibility index (Phi) is 12.0. The van der Waals surface area contributed by atoms with Gasteiger partial charge >= 0.3 is 26.2 Å². The molecule has 3 rings (SSSR count). The van der Waals surface area contributed by atoms with E-state index in [9.17, 15) is 0 Å². The number of allylic oxidation sites excluding steroid dienone is 5.